The number of fused-ring (bicyclic) bond motifs is 1. The van der Waals surface area contributed by atoms with Crippen LogP contribution in [0.25, 0.3) is 10.9 Å². The lowest BCUT2D eigenvalue weighted by Gasteiger charge is -2.23. The van der Waals surface area contributed by atoms with Crippen molar-refractivity contribution in [1.29, 1.82) is 0 Å². The standard InChI is InChI=1S/C18H22N2O/c1-12-8-9-17-15(10-12)16(11-13(2)19-17)18(21)20-14-6-4-3-5-7-14/h8-11,14H,3-7H2,1-2H3,(H,20,21). The summed E-state index contributed by atoms with van der Waals surface area (Å²) in [5.41, 5.74) is 3.70. The first-order valence-corrected chi connectivity index (χ1v) is 7.82. The number of rotatable bonds is 2. The first-order valence-electron chi connectivity index (χ1n) is 7.82. The maximum absolute atomic E-state index is 12.7. The van der Waals surface area contributed by atoms with E-state index >= 15 is 0 Å². The second-order valence-electron chi connectivity index (χ2n) is 6.14. The summed E-state index contributed by atoms with van der Waals surface area (Å²) >= 11 is 0. The average molecular weight is 282 g/mol. The zero-order valence-electron chi connectivity index (χ0n) is 12.8. The first-order chi connectivity index (χ1) is 10.1. The van der Waals surface area contributed by atoms with Crippen LogP contribution < -0.4 is 5.32 Å². The summed E-state index contributed by atoms with van der Waals surface area (Å²) in [4.78, 5) is 17.2. The smallest absolute Gasteiger partial charge is 0.252 e. The third kappa shape index (κ3) is 3.07. The summed E-state index contributed by atoms with van der Waals surface area (Å²) in [5, 5.41) is 4.16. The van der Waals surface area contributed by atoms with Crippen molar-refractivity contribution < 1.29 is 4.79 Å². The number of pyridine rings is 1. The fraction of sp³-hybridized carbons (Fsp3) is 0.444. The maximum Gasteiger partial charge on any atom is 0.252 e. The van der Waals surface area contributed by atoms with Gasteiger partial charge in [0.25, 0.3) is 5.91 Å². The Morgan fingerprint density at radius 3 is 2.67 bits per heavy atom. The first kappa shape index (κ1) is 14.1. The molecule has 21 heavy (non-hydrogen) atoms. The van der Waals surface area contributed by atoms with Gasteiger partial charge in [0.15, 0.2) is 0 Å². The number of nitrogens with one attached hydrogen (secondary N) is 1. The van der Waals surface area contributed by atoms with E-state index in [-0.39, 0.29) is 5.91 Å². The van der Waals surface area contributed by atoms with Gasteiger partial charge in [-0.15, -0.1) is 0 Å². The molecule has 110 valence electrons. The van der Waals surface area contributed by atoms with Gasteiger partial charge in [-0.25, -0.2) is 0 Å². The monoisotopic (exact) mass is 282 g/mol. The van der Waals surface area contributed by atoms with Crippen LogP contribution in [0.5, 0.6) is 0 Å². The van der Waals surface area contributed by atoms with Crippen molar-refractivity contribution >= 4 is 16.8 Å². The van der Waals surface area contributed by atoms with Crippen molar-refractivity contribution in [2.45, 2.75) is 52.0 Å². The highest BCUT2D eigenvalue weighted by atomic mass is 16.1. The summed E-state index contributed by atoms with van der Waals surface area (Å²) in [5.74, 6) is 0.0444. The van der Waals surface area contributed by atoms with Gasteiger partial charge in [-0.1, -0.05) is 30.9 Å². The molecule has 3 heteroatoms. The Balaban J connectivity index is 1.94. The number of nitrogens with zero attached hydrogens (tertiary/aromatic N) is 1. The van der Waals surface area contributed by atoms with Crippen LogP contribution in [0.2, 0.25) is 0 Å². The van der Waals surface area contributed by atoms with Crippen LogP contribution in [0.15, 0.2) is 24.3 Å². The minimum absolute atomic E-state index is 0.0444. The van der Waals surface area contributed by atoms with Gasteiger partial charge in [0, 0.05) is 17.1 Å². The Morgan fingerprint density at radius 2 is 1.90 bits per heavy atom. The number of benzene rings is 1. The molecule has 1 heterocycles. The van der Waals surface area contributed by atoms with Crippen LogP contribution in [0, 0.1) is 13.8 Å². The molecule has 1 amide bonds. The molecule has 1 saturated carbocycles. The number of hydrogen-bond donors (Lipinski definition) is 1. The molecule has 3 rings (SSSR count). The fourth-order valence-corrected chi connectivity index (χ4v) is 3.17. The molecule has 0 atom stereocenters. The normalized spacial score (nSPS) is 16.1. The van der Waals surface area contributed by atoms with Crippen molar-refractivity contribution in [1.82, 2.24) is 10.3 Å². The van der Waals surface area contributed by atoms with Crippen LogP contribution in [0.3, 0.4) is 0 Å². The highest BCUT2D eigenvalue weighted by Gasteiger charge is 2.18. The van der Waals surface area contributed by atoms with E-state index < -0.39 is 0 Å². The Hall–Kier alpha value is -1.90. The van der Waals surface area contributed by atoms with Gasteiger partial charge in [-0.2, -0.15) is 0 Å². The van der Waals surface area contributed by atoms with Crippen LogP contribution in [-0.2, 0) is 0 Å². The molecule has 3 nitrogen and oxygen atoms in total. The molecule has 1 aliphatic rings. The summed E-state index contributed by atoms with van der Waals surface area (Å²) in [6.07, 6.45) is 5.95. The predicted molar refractivity (Wildman–Crippen MR) is 85.6 cm³/mol. The summed E-state index contributed by atoms with van der Waals surface area (Å²) in [7, 11) is 0. The zero-order chi connectivity index (χ0) is 14.8. The molecule has 1 N–H and O–H groups in total. The number of aromatic nitrogens is 1. The molecule has 0 spiro atoms. The molecule has 1 aliphatic carbocycles. The summed E-state index contributed by atoms with van der Waals surface area (Å²) in [6, 6.07) is 8.32. The largest absolute Gasteiger partial charge is 0.349 e. The highest BCUT2D eigenvalue weighted by molar-refractivity contribution is 6.06. The molecule has 0 bridgehead atoms. The van der Waals surface area contributed by atoms with Crippen LogP contribution in [-0.4, -0.2) is 16.9 Å². The van der Waals surface area contributed by atoms with E-state index in [1.165, 1.54) is 19.3 Å². The molecule has 1 fully saturated rings. The molecule has 0 unspecified atom stereocenters. The van der Waals surface area contributed by atoms with E-state index in [0.29, 0.717) is 6.04 Å². The molecule has 0 aliphatic heterocycles. The minimum Gasteiger partial charge on any atom is -0.349 e. The van der Waals surface area contributed by atoms with Crippen LogP contribution >= 0.6 is 0 Å². The third-order valence-corrected chi connectivity index (χ3v) is 4.28. The molecule has 2 aromatic rings. The van der Waals surface area contributed by atoms with Crippen LogP contribution in [0.1, 0.15) is 53.7 Å². The Bertz CT molecular complexity index is 672. The summed E-state index contributed by atoms with van der Waals surface area (Å²) < 4.78 is 0. The second-order valence-corrected chi connectivity index (χ2v) is 6.14. The van der Waals surface area contributed by atoms with E-state index in [1.54, 1.807) is 0 Å². The molecule has 0 radical (unpaired) electrons. The maximum atomic E-state index is 12.7. The van der Waals surface area contributed by atoms with Crippen molar-refractivity contribution in [2.24, 2.45) is 0 Å². The van der Waals surface area contributed by atoms with E-state index in [4.69, 9.17) is 0 Å². The van der Waals surface area contributed by atoms with Crippen molar-refractivity contribution in [2.75, 3.05) is 0 Å². The number of amides is 1. The molecular weight excluding hydrogens is 260 g/mol. The number of hydrogen-bond acceptors (Lipinski definition) is 2. The van der Waals surface area contributed by atoms with Gasteiger partial charge < -0.3 is 5.32 Å². The predicted octanol–water partition coefficient (Wildman–Crippen LogP) is 3.91. The van der Waals surface area contributed by atoms with E-state index in [9.17, 15) is 4.79 Å². The average Bonchev–Trinajstić information content (AvgIpc) is 2.48. The van der Waals surface area contributed by atoms with E-state index in [1.807, 2.05) is 32.0 Å². The lowest BCUT2D eigenvalue weighted by Crippen LogP contribution is -2.36. The van der Waals surface area contributed by atoms with Crippen molar-refractivity contribution in [3.63, 3.8) is 0 Å². The highest BCUT2D eigenvalue weighted by Crippen LogP contribution is 2.22. The van der Waals surface area contributed by atoms with Crippen LogP contribution in [0.4, 0.5) is 0 Å². The Morgan fingerprint density at radius 1 is 1.14 bits per heavy atom. The number of aryl methyl sites for hydroxylation is 2. The van der Waals surface area contributed by atoms with Gasteiger partial charge in [0.05, 0.1) is 11.1 Å². The third-order valence-electron chi connectivity index (χ3n) is 4.28. The second kappa shape index (κ2) is 5.84. The zero-order valence-corrected chi connectivity index (χ0v) is 12.8. The van der Waals surface area contributed by atoms with Crippen molar-refractivity contribution in [3.05, 3.63) is 41.1 Å². The minimum atomic E-state index is 0.0444. The van der Waals surface area contributed by atoms with Gasteiger partial charge in [-0.3, -0.25) is 9.78 Å². The Kier molecular flexibility index (Phi) is 3.91. The summed E-state index contributed by atoms with van der Waals surface area (Å²) in [6.45, 7) is 3.98. The topological polar surface area (TPSA) is 42.0 Å². The van der Waals surface area contributed by atoms with Gasteiger partial charge >= 0.3 is 0 Å². The van der Waals surface area contributed by atoms with E-state index in [2.05, 4.69) is 16.4 Å². The quantitative estimate of drug-likeness (QED) is 0.907. The molecule has 0 saturated heterocycles. The number of carbonyl (C=O) groups is 1. The fourth-order valence-electron chi connectivity index (χ4n) is 3.17. The van der Waals surface area contributed by atoms with Gasteiger partial charge in [0.1, 0.15) is 0 Å². The number of carbonyl (C=O) groups excluding carboxylic acids is 1. The van der Waals surface area contributed by atoms with Gasteiger partial charge in [-0.05, 0) is 44.9 Å². The lowest BCUT2D eigenvalue weighted by molar-refractivity contribution is 0.0929. The molecule has 1 aromatic carbocycles. The van der Waals surface area contributed by atoms with Crippen molar-refractivity contribution in [3.8, 4) is 0 Å². The molecule has 1 aromatic heterocycles. The Labute approximate surface area is 125 Å². The lowest BCUT2D eigenvalue weighted by atomic mass is 9.95. The van der Waals surface area contributed by atoms with E-state index in [0.717, 1.165) is 40.6 Å². The molecular formula is C18H22N2O. The SMILES string of the molecule is Cc1ccc2nc(C)cc(C(=O)NC3CCCCC3)c2c1. The van der Waals surface area contributed by atoms with Gasteiger partial charge in [0.2, 0.25) is 0 Å².